The summed E-state index contributed by atoms with van der Waals surface area (Å²) in [6.45, 7) is 3.07. The van der Waals surface area contributed by atoms with E-state index in [0.717, 1.165) is 21.5 Å². The van der Waals surface area contributed by atoms with E-state index < -0.39 is 18.8 Å². The molecule has 0 fully saturated rings. The van der Waals surface area contributed by atoms with Gasteiger partial charge in [-0.05, 0) is 48.5 Å². The summed E-state index contributed by atoms with van der Waals surface area (Å²) in [6.07, 6.45) is 0. The average molecular weight is 406 g/mol. The topological polar surface area (TPSA) is 81.8 Å². The number of benzene rings is 3. The second-order valence-corrected chi connectivity index (χ2v) is 8.47. The quantitative estimate of drug-likeness (QED) is 0.206. The molecule has 0 aromatic heterocycles. The van der Waals surface area contributed by atoms with E-state index in [9.17, 15) is 14.9 Å². The van der Waals surface area contributed by atoms with E-state index in [-0.39, 0.29) is 5.69 Å². The normalized spacial score (nSPS) is 12.3. The van der Waals surface area contributed by atoms with Crippen LogP contribution in [0.3, 0.4) is 0 Å². The number of oxime groups is 1. The molecule has 0 amide bonds. The number of nitro groups is 1. The van der Waals surface area contributed by atoms with E-state index >= 15 is 0 Å². The molecular weight excluding hydrogens is 387 g/mol. The number of carbonyl (C=O) groups is 1. The fourth-order valence-corrected chi connectivity index (χ4v) is 5.04. The average Bonchev–Trinajstić information content (AvgIpc) is 2.74. The molecule has 1 atom stereocenters. The van der Waals surface area contributed by atoms with E-state index in [0.29, 0.717) is 5.71 Å². The Balaban J connectivity index is 1.98. The number of hydrogen-bond acceptors (Lipinski definition) is 5. The number of carbonyl (C=O) groups excluding carboxylic acids is 1. The van der Waals surface area contributed by atoms with Gasteiger partial charge in [-0.1, -0.05) is 59.8 Å². The second kappa shape index (κ2) is 9.22. The maximum atomic E-state index is 11.0. The van der Waals surface area contributed by atoms with Gasteiger partial charge in [0.15, 0.2) is 0 Å². The fourth-order valence-electron chi connectivity index (χ4n) is 2.78. The third kappa shape index (κ3) is 5.12. The maximum Gasteiger partial charge on any atom is 0.331 e. The first-order valence-electron chi connectivity index (χ1n) is 8.88. The Bertz CT molecular complexity index is 1030. The van der Waals surface area contributed by atoms with Crippen LogP contribution in [0.2, 0.25) is 0 Å². The van der Waals surface area contributed by atoms with Crippen molar-refractivity contribution in [2.24, 2.45) is 5.16 Å². The molecule has 3 rings (SSSR count). The molecule has 0 aliphatic rings. The molecule has 6 nitrogen and oxygen atoms in total. The Hall–Kier alpha value is -3.37. The molecule has 0 N–H and O–H groups in total. The van der Waals surface area contributed by atoms with Crippen molar-refractivity contribution in [3.05, 3.63) is 94.5 Å². The van der Waals surface area contributed by atoms with Crippen LogP contribution in [0.15, 0.2) is 84.0 Å². The summed E-state index contributed by atoms with van der Waals surface area (Å²) in [7, 11) is -0.875. The summed E-state index contributed by atoms with van der Waals surface area (Å²) in [6, 6.07) is 24.7. The lowest BCUT2D eigenvalue weighted by molar-refractivity contribution is -0.384. The molecule has 0 aliphatic carbocycles. The van der Waals surface area contributed by atoms with Crippen LogP contribution < -0.4 is 15.9 Å². The molecule has 0 saturated heterocycles. The standard InChI is InChI=1S/C22H19N2O4P/c1-16(23-28-17(2)25)18-8-12-21(13-9-18)29(20-6-4-3-5-7-20)22-14-10-19(11-15-22)24(26)27/h3-15H,1-2H3/b23-16+. The first kappa shape index (κ1) is 20.4. The van der Waals surface area contributed by atoms with E-state index in [1.165, 1.54) is 19.1 Å². The Kier molecular flexibility index (Phi) is 6.47. The van der Waals surface area contributed by atoms with Gasteiger partial charge in [-0.15, -0.1) is 0 Å². The van der Waals surface area contributed by atoms with Crippen molar-refractivity contribution >= 4 is 41.2 Å². The van der Waals surface area contributed by atoms with Gasteiger partial charge < -0.3 is 4.84 Å². The van der Waals surface area contributed by atoms with Crippen molar-refractivity contribution in [3.8, 4) is 0 Å². The highest BCUT2D eigenvalue weighted by Gasteiger charge is 2.17. The van der Waals surface area contributed by atoms with Gasteiger partial charge in [-0.25, -0.2) is 4.79 Å². The summed E-state index contributed by atoms with van der Waals surface area (Å²) in [5.74, 6) is -0.466. The second-order valence-electron chi connectivity index (χ2n) is 6.25. The molecule has 0 bridgehead atoms. The highest BCUT2D eigenvalue weighted by atomic mass is 31.1. The SMILES string of the molecule is CC(=O)O/N=C(\C)c1ccc(P(c2ccccc2)c2ccc([N+](=O)[O-])cc2)cc1. The van der Waals surface area contributed by atoms with Gasteiger partial charge in [-0.3, -0.25) is 10.1 Å². The molecule has 0 heterocycles. The lowest BCUT2D eigenvalue weighted by Gasteiger charge is -2.19. The summed E-state index contributed by atoms with van der Waals surface area (Å²) in [5, 5.41) is 18.1. The number of non-ortho nitro benzene ring substituents is 1. The molecular formula is C22H19N2O4P. The fraction of sp³-hybridized carbons (Fsp3) is 0.0909. The van der Waals surface area contributed by atoms with Gasteiger partial charge in [0.1, 0.15) is 0 Å². The zero-order chi connectivity index (χ0) is 20.8. The van der Waals surface area contributed by atoms with Crippen LogP contribution in [0.5, 0.6) is 0 Å². The molecule has 0 saturated carbocycles. The molecule has 0 aliphatic heterocycles. The van der Waals surface area contributed by atoms with Crippen molar-refractivity contribution in [2.75, 3.05) is 0 Å². The van der Waals surface area contributed by atoms with Crippen LogP contribution in [0.1, 0.15) is 19.4 Å². The first-order valence-corrected chi connectivity index (χ1v) is 10.2. The molecule has 29 heavy (non-hydrogen) atoms. The van der Waals surface area contributed by atoms with E-state index in [1.54, 1.807) is 6.92 Å². The highest BCUT2D eigenvalue weighted by molar-refractivity contribution is 7.79. The molecule has 146 valence electrons. The Morgan fingerprint density at radius 2 is 1.38 bits per heavy atom. The third-order valence-corrected chi connectivity index (χ3v) is 6.63. The Labute approximate surface area is 169 Å². The van der Waals surface area contributed by atoms with Crippen LogP contribution >= 0.6 is 7.92 Å². The monoisotopic (exact) mass is 406 g/mol. The largest absolute Gasteiger partial charge is 0.331 e. The summed E-state index contributed by atoms with van der Waals surface area (Å²) in [5.41, 5.74) is 1.53. The number of nitro benzene ring substituents is 1. The minimum atomic E-state index is -0.875. The number of nitrogens with zero attached hydrogens (tertiary/aromatic N) is 2. The minimum Gasteiger partial charge on any atom is -0.318 e. The summed E-state index contributed by atoms with van der Waals surface area (Å²) >= 11 is 0. The predicted octanol–water partition coefficient (Wildman–Crippen LogP) is 3.64. The van der Waals surface area contributed by atoms with Gasteiger partial charge in [0, 0.05) is 19.1 Å². The van der Waals surface area contributed by atoms with Crippen molar-refractivity contribution in [2.45, 2.75) is 13.8 Å². The van der Waals surface area contributed by atoms with Crippen LogP contribution in [-0.4, -0.2) is 16.6 Å². The minimum absolute atomic E-state index is 0.0735. The smallest absolute Gasteiger partial charge is 0.318 e. The molecule has 7 heteroatoms. The van der Waals surface area contributed by atoms with E-state index in [4.69, 9.17) is 4.84 Å². The molecule has 3 aromatic rings. The Morgan fingerprint density at radius 1 is 0.862 bits per heavy atom. The van der Waals surface area contributed by atoms with Crippen molar-refractivity contribution in [1.82, 2.24) is 0 Å². The van der Waals surface area contributed by atoms with Gasteiger partial charge in [0.05, 0.1) is 10.6 Å². The highest BCUT2D eigenvalue weighted by Crippen LogP contribution is 2.33. The lowest BCUT2D eigenvalue weighted by atomic mass is 10.1. The first-order chi connectivity index (χ1) is 14.0. The zero-order valence-electron chi connectivity index (χ0n) is 16.0. The van der Waals surface area contributed by atoms with Crippen LogP contribution in [0.4, 0.5) is 5.69 Å². The Morgan fingerprint density at radius 3 is 1.90 bits per heavy atom. The van der Waals surface area contributed by atoms with Crippen molar-refractivity contribution in [3.63, 3.8) is 0 Å². The summed E-state index contributed by atoms with van der Waals surface area (Å²) < 4.78 is 0. The maximum absolute atomic E-state index is 11.0. The number of hydrogen-bond donors (Lipinski definition) is 0. The summed E-state index contributed by atoms with van der Waals surface area (Å²) in [4.78, 5) is 26.2. The van der Waals surface area contributed by atoms with E-state index in [2.05, 4.69) is 17.3 Å². The van der Waals surface area contributed by atoms with Gasteiger partial charge >= 0.3 is 5.97 Å². The predicted molar refractivity (Wildman–Crippen MR) is 116 cm³/mol. The van der Waals surface area contributed by atoms with Gasteiger partial charge in [0.2, 0.25) is 0 Å². The molecule has 1 unspecified atom stereocenters. The lowest BCUT2D eigenvalue weighted by Crippen LogP contribution is -2.20. The molecule has 0 spiro atoms. The zero-order valence-corrected chi connectivity index (χ0v) is 16.9. The molecule has 3 aromatic carbocycles. The third-order valence-electron chi connectivity index (χ3n) is 4.19. The van der Waals surface area contributed by atoms with Gasteiger partial charge in [-0.2, -0.15) is 0 Å². The van der Waals surface area contributed by atoms with Gasteiger partial charge in [0.25, 0.3) is 5.69 Å². The number of rotatable bonds is 6. The molecule has 0 radical (unpaired) electrons. The van der Waals surface area contributed by atoms with E-state index in [1.807, 2.05) is 54.6 Å². The van der Waals surface area contributed by atoms with Crippen LogP contribution in [-0.2, 0) is 9.63 Å². The van der Waals surface area contributed by atoms with Crippen LogP contribution in [0, 0.1) is 10.1 Å². The van der Waals surface area contributed by atoms with Crippen molar-refractivity contribution < 1.29 is 14.6 Å². The van der Waals surface area contributed by atoms with Crippen molar-refractivity contribution in [1.29, 1.82) is 0 Å². The van der Waals surface area contributed by atoms with Crippen LogP contribution in [0.25, 0.3) is 0 Å².